The van der Waals surface area contributed by atoms with Crippen molar-refractivity contribution in [2.75, 3.05) is 25.1 Å². The molecule has 0 saturated carbocycles. The van der Waals surface area contributed by atoms with Crippen molar-refractivity contribution in [3.8, 4) is 17.2 Å². The number of amides is 1. The number of rotatable bonds is 12. The number of hydrogen-bond acceptors (Lipinski definition) is 10. The Kier molecular flexibility index (Phi) is 11.4. The number of fused-ring (bicyclic) bond motifs is 2. The van der Waals surface area contributed by atoms with Gasteiger partial charge in [-0.05, 0) is 54.0 Å². The van der Waals surface area contributed by atoms with Gasteiger partial charge in [0.15, 0.2) is 34.0 Å². The lowest BCUT2D eigenvalue weighted by molar-refractivity contribution is -0.0413. The number of hydrogen-bond donors (Lipinski definition) is 2. The second-order valence-corrected chi connectivity index (χ2v) is 25.8. The van der Waals surface area contributed by atoms with Crippen molar-refractivity contribution in [2.45, 2.75) is 109 Å². The highest BCUT2D eigenvalue weighted by Crippen LogP contribution is 2.46. The average molecular weight is 739 g/mol. The SMILES string of the molecule is CC(C)(C)[Si](C)(C)OC[C@H]1O[C@@H](n2cc3c(nc2=O)Nc2c(OCCNC(=O)OCc4ccccc4)cccc2O3)C[C@@H]1O[Si](C)(C)C(C)(C)C. The maximum Gasteiger partial charge on any atom is 0.407 e. The zero-order valence-corrected chi connectivity index (χ0v) is 33.6. The fourth-order valence-corrected chi connectivity index (χ4v) is 7.57. The van der Waals surface area contributed by atoms with Gasteiger partial charge >= 0.3 is 11.8 Å². The Hall–Kier alpha value is -3.70. The van der Waals surface area contributed by atoms with Gasteiger partial charge in [-0.1, -0.05) is 77.9 Å². The van der Waals surface area contributed by atoms with Gasteiger partial charge in [0.25, 0.3) is 0 Å². The van der Waals surface area contributed by atoms with E-state index in [-0.39, 0.29) is 47.9 Å². The van der Waals surface area contributed by atoms with Crippen LogP contribution in [0.3, 0.4) is 0 Å². The molecule has 2 aromatic carbocycles. The van der Waals surface area contributed by atoms with Crippen LogP contribution in [0.15, 0.2) is 59.5 Å². The van der Waals surface area contributed by atoms with E-state index >= 15 is 0 Å². The van der Waals surface area contributed by atoms with Crippen LogP contribution in [0.5, 0.6) is 17.2 Å². The third-order valence-corrected chi connectivity index (χ3v) is 19.4. The number of carbonyl (C=O) groups excluding carboxylic acids is 1. The number of aromatic nitrogens is 2. The number of ether oxygens (including phenoxy) is 4. The number of anilines is 2. The third kappa shape index (κ3) is 9.22. The molecule has 1 amide bonds. The Morgan fingerprint density at radius 3 is 2.37 bits per heavy atom. The van der Waals surface area contributed by atoms with Crippen LogP contribution in [-0.4, -0.2) is 64.2 Å². The normalized spacial score (nSPS) is 19.0. The average Bonchev–Trinajstić information content (AvgIpc) is 3.44. The van der Waals surface area contributed by atoms with Crippen LogP contribution in [0.2, 0.25) is 36.3 Å². The van der Waals surface area contributed by atoms with Gasteiger partial charge in [0.2, 0.25) is 0 Å². The summed E-state index contributed by atoms with van der Waals surface area (Å²) in [4.78, 5) is 30.0. The second-order valence-electron chi connectivity index (χ2n) is 16.2. The summed E-state index contributed by atoms with van der Waals surface area (Å²) in [6, 6.07) is 14.8. The molecule has 14 heteroatoms. The van der Waals surface area contributed by atoms with Crippen molar-refractivity contribution in [3.05, 3.63) is 70.8 Å². The van der Waals surface area contributed by atoms with Crippen molar-refractivity contribution in [1.82, 2.24) is 14.9 Å². The summed E-state index contributed by atoms with van der Waals surface area (Å²) < 4.78 is 39.0. The van der Waals surface area contributed by atoms with E-state index in [2.05, 4.69) is 83.3 Å². The van der Waals surface area contributed by atoms with Gasteiger partial charge in [-0.3, -0.25) is 4.57 Å². The van der Waals surface area contributed by atoms with E-state index in [1.165, 1.54) is 4.57 Å². The molecule has 2 aliphatic rings. The summed E-state index contributed by atoms with van der Waals surface area (Å²) >= 11 is 0. The van der Waals surface area contributed by atoms with Crippen LogP contribution in [0.4, 0.5) is 16.3 Å². The maximum atomic E-state index is 13.5. The van der Waals surface area contributed by atoms with E-state index in [4.69, 9.17) is 27.8 Å². The minimum absolute atomic E-state index is 0.000475. The molecule has 0 radical (unpaired) electrons. The van der Waals surface area contributed by atoms with Gasteiger partial charge < -0.3 is 38.4 Å². The molecule has 2 N–H and O–H groups in total. The Morgan fingerprint density at radius 2 is 1.69 bits per heavy atom. The third-order valence-electron chi connectivity index (χ3n) is 10.4. The molecule has 1 fully saturated rings. The van der Waals surface area contributed by atoms with Crippen molar-refractivity contribution in [1.29, 1.82) is 0 Å². The fourth-order valence-electron chi connectivity index (χ4n) is 5.19. The predicted octanol–water partition coefficient (Wildman–Crippen LogP) is 8.10. The smallest absolute Gasteiger partial charge is 0.407 e. The van der Waals surface area contributed by atoms with Gasteiger partial charge in [0, 0.05) is 6.42 Å². The first-order chi connectivity index (χ1) is 23.8. The molecule has 278 valence electrons. The zero-order chi connectivity index (χ0) is 37.2. The molecule has 2 aliphatic heterocycles. The van der Waals surface area contributed by atoms with Crippen molar-refractivity contribution < 1.29 is 32.6 Å². The molecule has 0 unspecified atom stereocenters. The topological polar surface area (TPSA) is 131 Å². The Morgan fingerprint density at radius 1 is 0.980 bits per heavy atom. The fraction of sp³-hybridized carbons (Fsp3) is 0.541. The molecule has 3 aromatic rings. The quantitative estimate of drug-likeness (QED) is 0.109. The minimum Gasteiger partial charge on any atom is -0.489 e. The monoisotopic (exact) mass is 738 g/mol. The first-order valence-corrected chi connectivity index (χ1v) is 23.4. The molecular formula is C37H54N4O8Si2. The van der Waals surface area contributed by atoms with E-state index in [1.807, 2.05) is 36.4 Å². The number of para-hydroxylation sites is 1. The Labute approximate surface area is 303 Å². The molecule has 0 bridgehead atoms. The second kappa shape index (κ2) is 15.1. The van der Waals surface area contributed by atoms with Gasteiger partial charge in [-0.15, -0.1) is 0 Å². The Balaban J connectivity index is 1.25. The number of carbonyl (C=O) groups is 1. The largest absolute Gasteiger partial charge is 0.489 e. The number of alkyl carbamates (subject to hydrolysis) is 1. The van der Waals surface area contributed by atoms with E-state index in [1.54, 1.807) is 18.3 Å². The summed E-state index contributed by atoms with van der Waals surface area (Å²) in [7, 11) is -4.24. The van der Waals surface area contributed by atoms with Crippen molar-refractivity contribution >= 4 is 34.2 Å². The molecule has 3 atom stereocenters. The summed E-state index contributed by atoms with van der Waals surface area (Å²) in [5.74, 6) is 1.65. The summed E-state index contributed by atoms with van der Waals surface area (Å²) in [6.07, 6.45) is 0.388. The zero-order valence-electron chi connectivity index (χ0n) is 31.6. The number of benzene rings is 2. The van der Waals surface area contributed by atoms with E-state index < -0.39 is 34.6 Å². The lowest BCUT2D eigenvalue weighted by Gasteiger charge is -2.40. The van der Waals surface area contributed by atoms with E-state index in [9.17, 15) is 9.59 Å². The molecule has 5 rings (SSSR count). The van der Waals surface area contributed by atoms with Gasteiger partial charge in [-0.2, -0.15) is 4.98 Å². The Bertz CT molecular complexity index is 1740. The van der Waals surface area contributed by atoms with Crippen molar-refractivity contribution in [2.24, 2.45) is 0 Å². The highest BCUT2D eigenvalue weighted by molar-refractivity contribution is 6.74. The van der Waals surface area contributed by atoms with Crippen LogP contribution in [0, 0.1) is 0 Å². The molecule has 0 spiro atoms. The highest BCUT2D eigenvalue weighted by Gasteiger charge is 2.47. The predicted molar refractivity (Wildman–Crippen MR) is 202 cm³/mol. The van der Waals surface area contributed by atoms with Crippen LogP contribution >= 0.6 is 0 Å². The number of nitrogens with zero attached hydrogens (tertiary/aromatic N) is 2. The van der Waals surface area contributed by atoms with E-state index in [0.29, 0.717) is 36.0 Å². The first kappa shape index (κ1) is 38.5. The lowest BCUT2D eigenvalue weighted by atomic mass is 10.2. The highest BCUT2D eigenvalue weighted by atomic mass is 28.4. The lowest BCUT2D eigenvalue weighted by Crippen LogP contribution is -2.48. The molecule has 3 heterocycles. The minimum atomic E-state index is -2.17. The van der Waals surface area contributed by atoms with Crippen LogP contribution in [-0.2, 0) is 24.9 Å². The molecule has 0 aliphatic carbocycles. The summed E-state index contributed by atoms with van der Waals surface area (Å²) in [5.41, 5.74) is 0.953. The molecule has 12 nitrogen and oxygen atoms in total. The van der Waals surface area contributed by atoms with E-state index in [0.717, 1.165) is 5.56 Å². The van der Waals surface area contributed by atoms with Gasteiger partial charge in [-0.25, -0.2) is 9.59 Å². The van der Waals surface area contributed by atoms with Crippen LogP contribution in [0.1, 0.15) is 59.8 Å². The summed E-state index contributed by atoms with van der Waals surface area (Å²) in [5, 5.41) is 5.94. The maximum absolute atomic E-state index is 13.5. The standard InChI is InChI=1S/C37H54N4O8Si2/c1-36(2,3)50(7,8)46-24-30-28(49-51(9,10)37(4,5)6)21-31(48-30)41-22-29-33(40-34(41)42)39-32-26(17-14-18-27(32)47-29)44-20-19-38-35(43)45-23-25-15-12-11-13-16-25/h11-18,22,28,30-31H,19-21,23-24H2,1-10H3,(H,38,43)(H,39,40,42)/t28-,30+,31+/m0/s1. The van der Waals surface area contributed by atoms with Crippen LogP contribution < -0.4 is 25.8 Å². The number of nitrogens with one attached hydrogen (secondary N) is 2. The first-order valence-electron chi connectivity index (χ1n) is 17.6. The van der Waals surface area contributed by atoms with Crippen molar-refractivity contribution in [3.63, 3.8) is 0 Å². The van der Waals surface area contributed by atoms with Gasteiger partial charge in [0.1, 0.15) is 37.0 Å². The molecule has 51 heavy (non-hydrogen) atoms. The summed E-state index contributed by atoms with van der Waals surface area (Å²) in [6.45, 7) is 23.1. The van der Waals surface area contributed by atoms with Crippen LogP contribution in [0.25, 0.3) is 0 Å². The molecular weight excluding hydrogens is 685 g/mol. The van der Waals surface area contributed by atoms with Gasteiger partial charge in [0.05, 0.1) is 25.5 Å². The molecule has 1 saturated heterocycles. The molecule has 1 aromatic heterocycles.